The lowest BCUT2D eigenvalue weighted by molar-refractivity contribution is -0.00394. The van der Waals surface area contributed by atoms with Crippen LogP contribution in [0.25, 0.3) is 0 Å². The lowest BCUT2D eigenvalue weighted by Crippen LogP contribution is -2.34. The third kappa shape index (κ3) is 29.8. The maximum atomic E-state index is 8.72. The number of hydrogen-bond acceptors (Lipinski definition) is 10. The lowest BCUT2D eigenvalue weighted by atomic mass is 10.4. The molecule has 0 spiro atoms. The normalized spacial score (nSPS) is 11.7. The summed E-state index contributed by atoms with van der Waals surface area (Å²) in [6.07, 6.45) is 4.48. The maximum absolute atomic E-state index is 8.72. The molecule has 0 unspecified atom stereocenters. The highest BCUT2D eigenvalue weighted by Gasteiger charge is 2.06. The lowest BCUT2D eigenvalue weighted by Gasteiger charge is -2.22. The van der Waals surface area contributed by atoms with Crippen LogP contribution in [0.2, 0.25) is 0 Å². The first-order chi connectivity index (χ1) is 17.8. The topological polar surface area (TPSA) is 97.3 Å². The van der Waals surface area contributed by atoms with Crippen molar-refractivity contribution < 1.29 is 43.0 Å². The first-order valence-electron chi connectivity index (χ1n) is 13.8. The minimum atomic E-state index is 0.0311. The van der Waals surface area contributed by atoms with Gasteiger partial charge in [-0.05, 0) is 12.8 Å². The molecule has 10 nitrogen and oxygen atoms in total. The molecule has 0 saturated carbocycles. The Morgan fingerprint density at radius 3 is 0.972 bits per heavy atom. The third-order valence-electron chi connectivity index (χ3n) is 5.04. The smallest absolute Gasteiger partial charge is 0.0701 e. The number of ether oxygens (including phenoxy) is 8. The SMILES string of the molecule is CCCCOCCOCCOCCN(CCOCCOCCO)CCOCCOCCOCCCC. The van der Waals surface area contributed by atoms with Crippen molar-refractivity contribution in [1.82, 2.24) is 4.90 Å². The first-order valence-corrected chi connectivity index (χ1v) is 13.8. The summed E-state index contributed by atoms with van der Waals surface area (Å²) < 4.78 is 44.3. The van der Waals surface area contributed by atoms with Crippen LogP contribution < -0.4 is 0 Å². The second-order valence-electron chi connectivity index (χ2n) is 8.17. The van der Waals surface area contributed by atoms with E-state index in [9.17, 15) is 0 Å². The van der Waals surface area contributed by atoms with Gasteiger partial charge in [0.25, 0.3) is 0 Å². The molecule has 36 heavy (non-hydrogen) atoms. The fraction of sp³-hybridized carbons (Fsp3) is 1.00. The van der Waals surface area contributed by atoms with E-state index in [0.29, 0.717) is 92.5 Å². The standard InChI is InChI=1S/C26H55NO9/c1-3-5-11-29-17-23-35-25-20-32-14-8-27(7-13-31-19-22-34-16-10-28)9-15-33-21-26-36-24-18-30-12-6-4-2/h28H,3-26H2,1-2H3. The van der Waals surface area contributed by atoms with Gasteiger partial charge in [-0.15, -0.1) is 0 Å². The third-order valence-corrected chi connectivity index (χ3v) is 5.04. The summed E-state index contributed by atoms with van der Waals surface area (Å²) in [7, 11) is 0. The zero-order chi connectivity index (χ0) is 26.2. The Morgan fingerprint density at radius 2 is 0.667 bits per heavy atom. The highest BCUT2D eigenvalue weighted by atomic mass is 16.6. The average Bonchev–Trinajstić information content (AvgIpc) is 2.89. The number of aliphatic hydroxyl groups is 1. The van der Waals surface area contributed by atoms with Crippen molar-refractivity contribution in [2.24, 2.45) is 0 Å². The second-order valence-corrected chi connectivity index (χ2v) is 8.17. The van der Waals surface area contributed by atoms with Crippen LogP contribution in [0, 0.1) is 0 Å². The molecule has 0 aliphatic heterocycles. The number of rotatable bonds is 32. The van der Waals surface area contributed by atoms with Gasteiger partial charge in [0, 0.05) is 32.8 Å². The minimum Gasteiger partial charge on any atom is -0.394 e. The van der Waals surface area contributed by atoms with E-state index in [0.717, 1.165) is 58.5 Å². The van der Waals surface area contributed by atoms with E-state index in [-0.39, 0.29) is 6.61 Å². The summed E-state index contributed by atoms with van der Waals surface area (Å²) >= 11 is 0. The summed E-state index contributed by atoms with van der Waals surface area (Å²) in [5.41, 5.74) is 0. The fourth-order valence-corrected chi connectivity index (χ4v) is 2.88. The molecule has 0 aromatic rings. The molecule has 0 aliphatic rings. The molecule has 0 aliphatic carbocycles. The van der Waals surface area contributed by atoms with Gasteiger partial charge in [0.05, 0.1) is 99.1 Å². The molecule has 0 aromatic heterocycles. The Bertz CT molecular complexity index is 368. The van der Waals surface area contributed by atoms with E-state index < -0.39 is 0 Å². The Labute approximate surface area is 219 Å². The van der Waals surface area contributed by atoms with Crippen molar-refractivity contribution in [2.45, 2.75) is 39.5 Å². The zero-order valence-corrected chi connectivity index (χ0v) is 23.1. The molecule has 0 amide bonds. The summed E-state index contributed by atoms with van der Waals surface area (Å²) in [5, 5.41) is 8.72. The Hall–Kier alpha value is -0.400. The predicted octanol–water partition coefficient (Wildman–Crippen LogP) is 2.01. The summed E-state index contributed by atoms with van der Waals surface area (Å²) in [5.74, 6) is 0. The van der Waals surface area contributed by atoms with Gasteiger partial charge >= 0.3 is 0 Å². The van der Waals surface area contributed by atoms with Crippen LogP contribution in [0.5, 0.6) is 0 Å². The minimum absolute atomic E-state index is 0.0311. The van der Waals surface area contributed by atoms with Crippen LogP contribution >= 0.6 is 0 Å². The van der Waals surface area contributed by atoms with E-state index in [1.54, 1.807) is 0 Å². The van der Waals surface area contributed by atoms with Crippen LogP contribution in [-0.4, -0.2) is 142 Å². The molecule has 0 aromatic carbocycles. The van der Waals surface area contributed by atoms with Crippen molar-refractivity contribution >= 4 is 0 Å². The number of nitrogens with zero attached hydrogens (tertiary/aromatic N) is 1. The highest BCUT2D eigenvalue weighted by Crippen LogP contribution is 1.93. The van der Waals surface area contributed by atoms with E-state index >= 15 is 0 Å². The van der Waals surface area contributed by atoms with Crippen LogP contribution in [-0.2, 0) is 37.9 Å². The van der Waals surface area contributed by atoms with Crippen molar-refractivity contribution in [1.29, 1.82) is 0 Å². The van der Waals surface area contributed by atoms with Gasteiger partial charge in [-0.25, -0.2) is 0 Å². The van der Waals surface area contributed by atoms with E-state index in [1.807, 2.05) is 0 Å². The van der Waals surface area contributed by atoms with Gasteiger partial charge < -0.3 is 43.0 Å². The van der Waals surface area contributed by atoms with Crippen LogP contribution in [0.1, 0.15) is 39.5 Å². The molecule has 0 fully saturated rings. The largest absolute Gasteiger partial charge is 0.394 e. The van der Waals surface area contributed by atoms with Crippen molar-refractivity contribution in [3.63, 3.8) is 0 Å². The van der Waals surface area contributed by atoms with Crippen LogP contribution in [0.3, 0.4) is 0 Å². The molecule has 0 heterocycles. The van der Waals surface area contributed by atoms with Gasteiger partial charge in [-0.3, -0.25) is 4.90 Å². The molecule has 0 saturated heterocycles. The van der Waals surface area contributed by atoms with Gasteiger partial charge in [0.2, 0.25) is 0 Å². The Morgan fingerprint density at radius 1 is 0.389 bits per heavy atom. The van der Waals surface area contributed by atoms with Crippen molar-refractivity contribution in [3.05, 3.63) is 0 Å². The molecule has 10 heteroatoms. The fourth-order valence-electron chi connectivity index (χ4n) is 2.88. The zero-order valence-electron chi connectivity index (χ0n) is 23.1. The van der Waals surface area contributed by atoms with Crippen LogP contribution in [0.4, 0.5) is 0 Å². The van der Waals surface area contributed by atoms with Gasteiger partial charge in [-0.1, -0.05) is 26.7 Å². The van der Waals surface area contributed by atoms with Gasteiger partial charge in [0.1, 0.15) is 0 Å². The monoisotopic (exact) mass is 525 g/mol. The van der Waals surface area contributed by atoms with E-state index in [1.165, 1.54) is 0 Å². The molecule has 0 rings (SSSR count). The maximum Gasteiger partial charge on any atom is 0.0701 e. The van der Waals surface area contributed by atoms with E-state index in [2.05, 4.69) is 18.7 Å². The quantitative estimate of drug-likeness (QED) is 0.131. The molecule has 0 bridgehead atoms. The second kappa shape index (κ2) is 32.6. The molecule has 1 N–H and O–H groups in total. The molecular weight excluding hydrogens is 470 g/mol. The number of aliphatic hydroxyl groups excluding tert-OH is 1. The molecule has 0 radical (unpaired) electrons. The van der Waals surface area contributed by atoms with Gasteiger partial charge in [-0.2, -0.15) is 0 Å². The number of unbranched alkanes of at least 4 members (excludes halogenated alkanes) is 2. The van der Waals surface area contributed by atoms with Crippen molar-refractivity contribution in [2.75, 3.05) is 132 Å². The van der Waals surface area contributed by atoms with Crippen molar-refractivity contribution in [3.8, 4) is 0 Å². The highest BCUT2D eigenvalue weighted by molar-refractivity contribution is 4.57. The average molecular weight is 526 g/mol. The number of hydrogen-bond donors (Lipinski definition) is 1. The summed E-state index contributed by atoms with van der Waals surface area (Å²) in [6.45, 7) is 16.2. The molecular formula is C26H55NO9. The Kier molecular flexibility index (Phi) is 32.3. The van der Waals surface area contributed by atoms with Gasteiger partial charge in [0.15, 0.2) is 0 Å². The molecule has 218 valence electrons. The summed E-state index contributed by atoms with van der Waals surface area (Å²) in [6, 6.07) is 0. The van der Waals surface area contributed by atoms with E-state index in [4.69, 9.17) is 43.0 Å². The Balaban J connectivity index is 3.82. The predicted molar refractivity (Wildman–Crippen MR) is 140 cm³/mol. The summed E-state index contributed by atoms with van der Waals surface area (Å²) in [4.78, 5) is 2.26. The first kappa shape index (κ1) is 35.6. The molecule has 0 atom stereocenters. The van der Waals surface area contributed by atoms with Crippen LogP contribution in [0.15, 0.2) is 0 Å².